The van der Waals surface area contributed by atoms with Gasteiger partial charge < -0.3 is 10.1 Å². The Kier molecular flexibility index (Phi) is 6.32. The number of halogens is 1. The Hall–Kier alpha value is -2.29. The van der Waals surface area contributed by atoms with Gasteiger partial charge in [0.2, 0.25) is 0 Å². The second-order valence-electron chi connectivity index (χ2n) is 6.48. The van der Waals surface area contributed by atoms with Gasteiger partial charge >= 0.3 is 0 Å². The van der Waals surface area contributed by atoms with Gasteiger partial charge in [-0.05, 0) is 48.7 Å². The third kappa shape index (κ3) is 4.87. The molecule has 0 saturated carbocycles. The molecule has 134 valence electrons. The first-order valence-corrected chi connectivity index (χ1v) is 9.25. The number of nitrogens with one attached hydrogen (secondary N) is 1. The van der Waals surface area contributed by atoms with E-state index in [9.17, 15) is 0 Å². The maximum Gasteiger partial charge on any atom is 0.124 e. The van der Waals surface area contributed by atoms with E-state index in [0.29, 0.717) is 13.2 Å². The minimum Gasteiger partial charge on any atom is -0.489 e. The van der Waals surface area contributed by atoms with E-state index in [2.05, 4.69) is 55.6 Å². The van der Waals surface area contributed by atoms with E-state index >= 15 is 0 Å². The molecule has 0 unspecified atom stereocenters. The van der Waals surface area contributed by atoms with Gasteiger partial charge in [-0.3, -0.25) is 0 Å². The molecule has 2 nitrogen and oxygen atoms in total. The van der Waals surface area contributed by atoms with E-state index in [4.69, 9.17) is 16.3 Å². The van der Waals surface area contributed by atoms with Crippen LogP contribution in [0.25, 0.3) is 0 Å². The van der Waals surface area contributed by atoms with Gasteiger partial charge in [-0.1, -0.05) is 66.2 Å². The topological polar surface area (TPSA) is 21.3 Å². The van der Waals surface area contributed by atoms with E-state index < -0.39 is 0 Å². The molecule has 3 aromatic carbocycles. The van der Waals surface area contributed by atoms with Crippen molar-refractivity contribution in [3.8, 4) is 5.75 Å². The lowest BCUT2D eigenvalue weighted by molar-refractivity contribution is 0.301. The Morgan fingerprint density at radius 2 is 1.65 bits per heavy atom. The first-order valence-electron chi connectivity index (χ1n) is 8.87. The van der Waals surface area contributed by atoms with Gasteiger partial charge in [0.05, 0.1) is 0 Å². The van der Waals surface area contributed by atoms with Gasteiger partial charge in [0.1, 0.15) is 12.4 Å². The molecule has 1 N–H and O–H groups in total. The van der Waals surface area contributed by atoms with Gasteiger partial charge in [-0.25, -0.2) is 0 Å². The van der Waals surface area contributed by atoms with Crippen LogP contribution in [-0.2, 0) is 13.2 Å². The lowest BCUT2D eigenvalue weighted by Gasteiger charge is -2.17. The molecular weight excluding hydrogens is 342 g/mol. The smallest absolute Gasteiger partial charge is 0.124 e. The quantitative estimate of drug-likeness (QED) is 0.548. The molecule has 0 fully saturated rings. The number of aryl methyl sites for hydroxylation is 1. The van der Waals surface area contributed by atoms with E-state index in [1.165, 1.54) is 16.7 Å². The standard InChI is InChI=1S/C23H24ClNO/c1-17-8-6-7-11-20(17)16-26-23-13-12-22(24)14-21(23)15-25-18(2)19-9-4-3-5-10-19/h3-14,18,25H,15-16H2,1-2H3/t18-/m0/s1. The molecule has 0 aliphatic rings. The molecule has 0 amide bonds. The molecule has 3 rings (SSSR count). The predicted octanol–water partition coefficient (Wildman–Crippen LogP) is 6.08. The third-order valence-corrected chi connectivity index (χ3v) is 4.80. The number of ether oxygens (including phenoxy) is 1. The lowest BCUT2D eigenvalue weighted by Crippen LogP contribution is -2.18. The molecule has 3 heteroatoms. The van der Waals surface area contributed by atoms with Gasteiger partial charge in [0.25, 0.3) is 0 Å². The number of rotatable bonds is 7. The van der Waals surface area contributed by atoms with Crippen molar-refractivity contribution >= 4 is 11.6 Å². The van der Waals surface area contributed by atoms with E-state index in [0.717, 1.165) is 16.3 Å². The largest absolute Gasteiger partial charge is 0.489 e. The maximum atomic E-state index is 6.21. The monoisotopic (exact) mass is 365 g/mol. The molecule has 0 saturated heterocycles. The van der Waals surface area contributed by atoms with Crippen LogP contribution < -0.4 is 10.1 Å². The van der Waals surface area contributed by atoms with Crippen molar-refractivity contribution in [2.45, 2.75) is 33.0 Å². The van der Waals surface area contributed by atoms with Gasteiger partial charge in [0, 0.05) is 23.2 Å². The highest BCUT2D eigenvalue weighted by Crippen LogP contribution is 2.25. The van der Waals surface area contributed by atoms with Crippen LogP contribution in [0, 0.1) is 6.92 Å². The average molecular weight is 366 g/mol. The summed E-state index contributed by atoms with van der Waals surface area (Å²) in [5.41, 5.74) is 4.75. The fourth-order valence-corrected chi connectivity index (χ4v) is 3.07. The first kappa shape index (κ1) is 18.5. The zero-order valence-electron chi connectivity index (χ0n) is 15.2. The summed E-state index contributed by atoms with van der Waals surface area (Å²) in [6.07, 6.45) is 0. The van der Waals surface area contributed by atoms with Crippen molar-refractivity contribution in [1.29, 1.82) is 0 Å². The number of benzene rings is 3. The Balaban J connectivity index is 1.69. The third-order valence-electron chi connectivity index (χ3n) is 4.57. The summed E-state index contributed by atoms with van der Waals surface area (Å²) >= 11 is 6.21. The maximum absolute atomic E-state index is 6.21. The molecule has 0 aliphatic heterocycles. The van der Waals surface area contributed by atoms with Crippen molar-refractivity contribution in [2.75, 3.05) is 0 Å². The van der Waals surface area contributed by atoms with Crippen LogP contribution in [0.2, 0.25) is 5.02 Å². The Morgan fingerprint density at radius 1 is 0.923 bits per heavy atom. The van der Waals surface area contributed by atoms with Crippen molar-refractivity contribution < 1.29 is 4.74 Å². The number of hydrogen-bond donors (Lipinski definition) is 1. The summed E-state index contributed by atoms with van der Waals surface area (Å²) in [4.78, 5) is 0. The molecule has 0 radical (unpaired) electrons. The van der Waals surface area contributed by atoms with Crippen LogP contribution in [0.1, 0.15) is 35.2 Å². The van der Waals surface area contributed by atoms with Crippen LogP contribution in [0.5, 0.6) is 5.75 Å². The molecule has 0 bridgehead atoms. The molecule has 26 heavy (non-hydrogen) atoms. The summed E-state index contributed by atoms with van der Waals surface area (Å²) in [7, 11) is 0. The SMILES string of the molecule is Cc1ccccc1COc1ccc(Cl)cc1CN[C@@H](C)c1ccccc1. The van der Waals surface area contributed by atoms with E-state index in [-0.39, 0.29) is 6.04 Å². The first-order chi connectivity index (χ1) is 12.6. The fraction of sp³-hybridized carbons (Fsp3) is 0.217. The fourth-order valence-electron chi connectivity index (χ4n) is 2.88. The summed E-state index contributed by atoms with van der Waals surface area (Å²) in [6.45, 7) is 5.51. The highest BCUT2D eigenvalue weighted by atomic mass is 35.5. The highest BCUT2D eigenvalue weighted by Gasteiger charge is 2.09. The molecule has 0 spiro atoms. The van der Waals surface area contributed by atoms with E-state index in [1.54, 1.807) is 0 Å². The molecule has 3 aromatic rings. The lowest BCUT2D eigenvalue weighted by atomic mass is 10.1. The Bertz CT molecular complexity index is 848. The Morgan fingerprint density at radius 3 is 2.42 bits per heavy atom. The summed E-state index contributed by atoms with van der Waals surface area (Å²) in [5, 5.41) is 4.27. The van der Waals surface area contributed by atoms with Crippen molar-refractivity contribution in [2.24, 2.45) is 0 Å². The second kappa shape index (κ2) is 8.88. The zero-order chi connectivity index (χ0) is 18.4. The summed E-state index contributed by atoms with van der Waals surface area (Å²) in [5.74, 6) is 0.866. The van der Waals surface area contributed by atoms with Crippen molar-refractivity contribution in [1.82, 2.24) is 5.32 Å². The molecule has 0 heterocycles. The minimum absolute atomic E-state index is 0.249. The summed E-state index contributed by atoms with van der Waals surface area (Å²) < 4.78 is 6.10. The summed E-state index contributed by atoms with van der Waals surface area (Å²) in [6, 6.07) is 24.7. The average Bonchev–Trinajstić information content (AvgIpc) is 2.67. The Labute approximate surface area is 160 Å². The molecular formula is C23H24ClNO. The molecule has 1 atom stereocenters. The molecule has 0 aromatic heterocycles. The van der Waals surface area contributed by atoms with Gasteiger partial charge in [0.15, 0.2) is 0 Å². The van der Waals surface area contributed by atoms with Crippen LogP contribution in [0.3, 0.4) is 0 Å². The van der Waals surface area contributed by atoms with Crippen LogP contribution in [-0.4, -0.2) is 0 Å². The number of hydrogen-bond acceptors (Lipinski definition) is 2. The predicted molar refractivity (Wildman–Crippen MR) is 109 cm³/mol. The van der Waals surface area contributed by atoms with Crippen LogP contribution >= 0.6 is 11.6 Å². The van der Waals surface area contributed by atoms with Crippen LogP contribution in [0.4, 0.5) is 0 Å². The normalized spacial score (nSPS) is 12.0. The van der Waals surface area contributed by atoms with Crippen LogP contribution in [0.15, 0.2) is 72.8 Å². The van der Waals surface area contributed by atoms with Crippen molar-refractivity contribution in [3.05, 3.63) is 100 Å². The zero-order valence-corrected chi connectivity index (χ0v) is 16.0. The minimum atomic E-state index is 0.249. The van der Waals surface area contributed by atoms with Gasteiger partial charge in [-0.15, -0.1) is 0 Å². The molecule has 0 aliphatic carbocycles. The van der Waals surface area contributed by atoms with E-state index in [1.807, 2.05) is 36.4 Å². The second-order valence-corrected chi connectivity index (χ2v) is 6.92. The highest BCUT2D eigenvalue weighted by molar-refractivity contribution is 6.30. The van der Waals surface area contributed by atoms with Crippen molar-refractivity contribution in [3.63, 3.8) is 0 Å². The van der Waals surface area contributed by atoms with Gasteiger partial charge in [-0.2, -0.15) is 0 Å².